The molecule has 1 N–H and O–H groups in total. The van der Waals surface area contributed by atoms with Crippen LogP contribution in [0.4, 0.5) is 0 Å². The SMILES string of the molecule is CC(O)c1cn(CC(=O)N2CCCC3CCCCC32)nn1. The quantitative estimate of drug-likeness (QED) is 0.916. The first-order chi connectivity index (χ1) is 10.1. The second-order valence-electron chi connectivity index (χ2n) is 6.36. The first-order valence-corrected chi connectivity index (χ1v) is 8.02. The highest BCUT2D eigenvalue weighted by molar-refractivity contribution is 5.76. The number of piperidine rings is 1. The molecule has 2 fully saturated rings. The first-order valence-electron chi connectivity index (χ1n) is 8.02. The van der Waals surface area contributed by atoms with Gasteiger partial charge in [0.15, 0.2) is 0 Å². The Kier molecular flexibility index (Phi) is 4.24. The molecule has 0 spiro atoms. The van der Waals surface area contributed by atoms with Crippen LogP contribution < -0.4 is 0 Å². The molecule has 1 amide bonds. The van der Waals surface area contributed by atoms with Gasteiger partial charge < -0.3 is 10.0 Å². The van der Waals surface area contributed by atoms with E-state index in [1.165, 1.54) is 30.4 Å². The normalized spacial score (nSPS) is 27.2. The number of amides is 1. The van der Waals surface area contributed by atoms with E-state index < -0.39 is 6.10 Å². The first kappa shape index (κ1) is 14.5. The second-order valence-corrected chi connectivity index (χ2v) is 6.36. The van der Waals surface area contributed by atoms with Crippen LogP contribution in [-0.2, 0) is 11.3 Å². The lowest BCUT2D eigenvalue weighted by molar-refractivity contribution is -0.138. The minimum absolute atomic E-state index is 0.133. The standard InChI is InChI=1S/C15H24N4O2/c1-11(20)13-9-18(17-16-13)10-15(21)19-8-4-6-12-5-2-3-7-14(12)19/h9,11-12,14,20H,2-8,10H2,1H3. The van der Waals surface area contributed by atoms with Gasteiger partial charge in [-0.3, -0.25) is 4.79 Å². The van der Waals surface area contributed by atoms with Gasteiger partial charge >= 0.3 is 0 Å². The number of aliphatic hydroxyl groups is 1. The van der Waals surface area contributed by atoms with Crippen molar-refractivity contribution in [3.8, 4) is 0 Å². The molecule has 6 nitrogen and oxygen atoms in total. The van der Waals surface area contributed by atoms with Crippen LogP contribution in [0.25, 0.3) is 0 Å². The van der Waals surface area contributed by atoms with E-state index in [0.717, 1.165) is 19.4 Å². The fourth-order valence-corrected chi connectivity index (χ4v) is 3.75. The van der Waals surface area contributed by atoms with Crippen molar-refractivity contribution in [1.82, 2.24) is 19.9 Å². The number of nitrogens with zero attached hydrogens (tertiary/aromatic N) is 4. The fourth-order valence-electron chi connectivity index (χ4n) is 3.75. The van der Waals surface area contributed by atoms with Crippen molar-refractivity contribution in [2.24, 2.45) is 5.92 Å². The Hall–Kier alpha value is -1.43. The van der Waals surface area contributed by atoms with Crippen molar-refractivity contribution in [2.45, 2.75) is 64.1 Å². The molecule has 6 heteroatoms. The molecule has 2 heterocycles. The zero-order valence-corrected chi connectivity index (χ0v) is 12.6. The Morgan fingerprint density at radius 3 is 2.90 bits per heavy atom. The molecule has 3 rings (SSSR count). The maximum atomic E-state index is 12.6. The monoisotopic (exact) mass is 292 g/mol. The number of carbonyl (C=O) groups is 1. The average molecular weight is 292 g/mol. The summed E-state index contributed by atoms with van der Waals surface area (Å²) in [6.45, 7) is 2.74. The summed E-state index contributed by atoms with van der Waals surface area (Å²) in [6, 6.07) is 0.430. The van der Waals surface area contributed by atoms with Crippen LogP contribution in [-0.4, -0.2) is 43.5 Å². The van der Waals surface area contributed by atoms with Gasteiger partial charge in [-0.1, -0.05) is 18.1 Å². The van der Waals surface area contributed by atoms with Crippen LogP contribution >= 0.6 is 0 Å². The summed E-state index contributed by atoms with van der Waals surface area (Å²) in [5, 5.41) is 17.3. The van der Waals surface area contributed by atoms with Gasteiger partial charge in [-0.05, 0) is 38.5 Å². The third-order valence-electron chi connectivity index (χ3n) is 4.85. The molecule has 0 bridgehead atoms. The Labute approximate surface area is 125 Å². The largest absolute Gasteiger partial charge is 0.387 e. The number of aliphatic hydroxyl groups excluding tert-OH is 1. The third kappa shape index (κ3) is 3.10. The van der Waals surface area contributed by atoms with Crippen LogP contribution in [0.2, 0.25) is 0 Å². The number of carbonyl (C=O) groups excluding carboxylic acids is 1. The molecule has 1 aromatic rings. The maximum absolute atomic E-state index is 12.6. The Bertz CT molecular complexity index is 498. The lowest BCUT2D eigenvalue weighted by atomic mass is 9.78. The number of aromatic nitrogens is 3. The van der Waals surface area contributed by atoms with Gasteiger partial charge in [-0.2, -0.15) is 0 Å². The van der Waals surface area contributed by atoms with E-state index in [0.29, 0.717) is 17.7 Å². The van der Waals surface area contributed by atoms with Crippen molar-refractivity contribution < 1.29 is 9.90 Å². The van der Waals surface area contributed by atoms with Gasteiger partial charge in [0.1, 0.15) is 12.2 Å². The zero-order valence-electron chi connectivity index (χ0n) is 12.6. The van der Waals surface area contributed by atoms with Crippen LogP contribution in [0.5, 0.6) is 0 Å². The van der Waals surface area contributed by atoms with Crippen LogP contribution in [0.1, 0.15) is 57.2 Å². The van der Waals surface area contributed by atoms with Crippen molar-refractivity contribution in [2.75, 3.05) is 6.54 Å². The van der Waals surface area contributed by atoms with E-state index in [1.54, 1.807) is 13.1 Å². The molecule has 1 aliphatic heterocycles. The van der Waals surface area contributed by atoms with Gasteiger partial charge in [-0.15, -0.1) is 5.10 Å². The van der Waals surface area contributed by atoms with Crippen molar-refractivity contribution in [1.29, 1.82) is 0 Å². The lowest BCUT2D eigenvalue weighted by Gasteiger charge is -2.44. The molecule has 2 aliphatic rings. The van der Waals surface area contributed by atoms with E-state index in [4.69, 9.17) is 0 Å². The molecule has 1 saturated carbocycles. The minimum Gasteiger partial charge on any atom is -0.387 e. The molecular weight excluding hydrogens is 268 g/mol. The van der Waals surface area contributed by atoms with Gasteiger partial charge in [0.05, 0.1) is 12.3 Å². The molecule has 0 radical (unpaired) electrons. The maximum Gasteiger partial charge on any atom is 0.244 e. The fraction of sp³-hybridized carbons (Fsp3) is 0.800. The van der Waals surface area contributed by atoms with Crippen LogP contribution in [0, 0.1) is 5.92 Å². The topological polar surface area (TPSA) is 71.2 Å². The van der Waals surface area contributed by atoms with Crippen molar-refractivity contribution in [3.05, 3.63) is 11.9 Å². The molecule has 3 unspecified atom stereocenters. The molecule has 1 aromatic heterocycles. The highest BCUT2D eigenvalue weighted by atomic mass is 16.3. The van der Waals surface area contributed by atoms with E-state index in [2.05, 4.69) is 15.2 Å². The van der Waals surface area contributed by atoms with Gasteiger partial charge in [-0.25, -0.2) is 4.68 Å². The summed E-state index contributed by atoms with van der Waals surface area (Å²) in [6.07, 6.45) is 8.35. The van der Waals surface area contributed by atoms with E-state index in [9.17, 15) is 9.90 Å². The zero-order chi connectivity index (χ0) is 14.8. The van der Waals surface area contributed by atoms with Gasteiger partial charge in [0, 0.05) is 12.6 Å². The number of likely N-dealkylation sites (tertiary alicyclic amines) is 1. The van der Waals surface area contributed by atoms with Crippen molar-refractivity contribution >= 4 is 5.91 Å². The number of fused-ring (bicyclic) bond motifs is 1. The van der Waals surface area contributed by atoms with Gasteiger partial charge in [0.25, 0.3) is 0 Å². The van der Waals surface area contributed by atoms with E-state index >= 15 is 0 Å². The van der Waals surface area contributed by atoms with Gasteiger partial charge in [0.2, 0.25) is 5.91 Å². The summed E-state index contributed by atoms with van der Waals surface area (Å²) in [7, 11) is 0. The molecular formula is C15H24N4O2. The summed E-state index contributed by atoms with van der Waals surface area (Å²) in [4.78, 5) is 14.6. The summed E-state index contributed by atoms with van der Waals surface area (Å²) >= 11 is 0. The number of hydrogen-bond acceptors (Lipinski definition) is 4. The van der Waals surface area contributed by atoms with Crippen molar-refractivity contribution in [3.63, 3.8) is 0 Å². The Balaban J connectivity index is 1.66. The molecule has 1 saturated heterocycles. The minimum atomic E-state index is -0.647. The summed E-state index contributed by atoms with van der Waals surface area (Å²) in [5.74, 6) is 0.828. The van der Waals surface area contributed by atoms with Crippen LogP contribution in [0.15, 0.2) is 6.20 Å². The predicted octanol–water partition coefficient (Wildman–Crippen LogP) is 1.51. The highest BCUT2D eigenvalue weighted by Crippen LogP contribution is 2.35. The molecule has 3 atom stereocenters. The smallest absolute Gasteiger partial charge is 0.244 e. The number of hydrogen-bond donors (Lipinski definition) is 1. The third-order valence-corrected chi connectivity index (χ3v) is 4.85. The van der Waals surface area contributed by atoms with E-state index in [1.807, 2.05) is 0 Å². The second kappa shape index (κ2) is 6.13. The van der Waals surface area contributed by atoms with E-state index in [-0.39, 0.29) is 12.5 Å². The molecule has 1 aliphatic carbocycles. The Morgan fingerprint density at radius 1 is 1.38 bits per heavy atom. The average Bonchev–Trinajstić information content (AvgIpc) is 2.95. The summed E-state index contributed by atoms with van der Waals surface area (Å²) < 4.78 is 1.54. The molecule has 116 valence electrons. The number of rotatable bonds is 3. The Morgan fingerprint density at radius 2 is 2.14 bits per heavy atom. The van der Waals surface area contributed by atoms with Crippen LogP contribution in [0.3, 0.4) is 0 Å². The summed E-state index contributed by atoms with van der Waals surface area (Å²) in [5.41, 5.74) is 0.511. The predicted molar refractivity (Wildman–Crippen MR) is 77.3 cm³/mol. The highest BCUT2D eigenvalue weighted by Gasteiger charge is 2.35. The molecule has 21 heavy (non-hydrogen) atoms. The molecule has 0 aromatic carbocycles. The lowest BCUT2D eigenvalue weighted by Crippen LogP contribution is -2.50.